The van der Waals surface area contributed by atoms with Crippen LogP contribution in [0.5, 0.6) is 0 Å². The highest BCUT2D eigenvalue weighted by Gasteiger charge is 2.11. The van der Waals surface area contributed by atoms with E-state index in [0.717, 1.165) is 21.2 Å². The standard InChI is InChI=1S/C23H16OS/c24-21(15-6-4-11-17-9-2-1-3-10-17)20-14-8-13-19-18-12-5-7-16-22(18)25-23(19)20/h1-16H/b11-4+,15-6+. The highest BCUT2D eigenvalue weighted by molar-refractivity contribution is 7.26. The predicted molar refractivity (Wildman–Crippen MR) is 108 cm³/mol. The van der Waals surface area contributed by atoms with Crippen LogP contribution in [-0.4, -0.2) is 5.78 Å². The number of hydrogen-bond donors (Lipinski definition) is 0. The Morgan fingerprint density at radius 2 is 1.52 bits per heavy atom. The van der Waals surface area contributed by atoms with Gasteiger partial charge in [0.2, 0.25) is 0 Å². The van der Waals surface area contributed by atoms with E-state index in [9.17, 15) is 4.79 Å². The molecule has 0 unspecified atom stereocenters. The Kier molecular flexibility index (Phi) is 4.28. The zero-order valence-electron chi connectivity index (χ0n) is 13.6. The molecule has 2 heteroatoms. The van der Waals surface area contributed by atoms with Crippen molar-refractivity contribution in [2.45, 2.75) is 0 Å². The lowest BCUT2D eigenvalue weighted by Crippen LogP contribution is -1.93. The number of carbonyl (C=O) groups excluding carboxylic acids is 1. The summed E-state index contributed by atoms with van der Waals surface area (Å²) >= 11 is 1.68. The maximum absolute atomic E-state index is 12.6. The van der Waals surface area contributed by atoms with E-state index in [1.807, 2.05) is 72.8 Å². The second kappa shape index (κ2) is 6.88. The Labute approximate surface area is 150 Å². The van der Waals surface area contributed by atoms with E-state index in [-0.39, 0.29) is 5.78 Å². The smallest absolute Gasteiger partial charge is 0.187 e. The molecule has 120 valence electrons. The van der Waals surface area contributed by atoms with E-state index in [1.165, 1.54) is 10.1 Å². The number of thiophene rings is 1. The van der Waals surface area contributed by atoms with Crippen LogP contribution in [0.4, 0.5) is 0 Å². The molecule has 0 bridgehead atoms. The fourth-order valence-corrected chi connectivity index (χ4v) is 4.13. The molecule has 4 rings (SSSR count). The van der Waals surface area contributed by atoms with Gasteiger partial charge in [-0.15, -0.1) is 11.3 Å². The van der Waals surface area contributed by atoms with Crippen molar-refractivity contribution in [3.63, 3.8) is 0 Å². The Balaban J connectivity index is 1.64. The Hall–Kier alpha value is -2.97. The summed E-state index contributed by atoms with van der Waals surface area (Å²) in [4.78, 5) is 12.6. The van der Waals surface area contributed by atoms with Crippen molar-refractivity contribution in [1.82, 2.24) is 0 Å². The molecule has 1 heterocycles. The number of fused-ring (bicyclic) bond motifs is 3. The second-order valence-corrected chi connectivity index (χ2v) is 6.83. The van der Waals surface area contributed by atoms with Gasteiger partial charge in [-0.1, -0.05) is 78.9 Å². The van der Waals surface area contributed by atoms with Crippen LogP contribution in [-0.2, 0) is 0 Å². The molecule has 0 amide bonds. The highest BCUT2D eigenvalue weighted by Crippen LogP contribution is 2.35. The SMILES string of the molecule is O=C(/C=C/C=C/c1ccccc1)c1cccc2c1sc1ccccc12. The lowest BCUT2D eigenvalue weighted by Gasteiger charge is -1.98. The van der Waals surface area contributed by atoms with Gasteiger partial charge in [0.15, 0.2) is 5.78 Å². The summed E-state index contributed by atoms with van der Waals surface area (Å²) in [6, 6.07) is 24.3. The third kappa shape index (κ3) is 3.17. The normalized spacial score (nSPS) is 11.8. The molecule has 25 heavy (non-hydrogen) atoms. The molecule has 0 saturated carbocycles. The van der Waals surface area contributed by atoms with Crippen LogP contribution >= 0.6 is 11.3 Å². The molecule has 0 aliphatic rings. The van der Waals surface area contributed by atoms with Crippen LogP contribution in [0, 0.1) is 0 Å². The summed E-state index contributed by atoms with van der Waals surface area (Å²) in [7, 11) is 0. The second-order valence-electron chi connectivity index (χ2n) is 5.77. The van der Waals surface area contributed by atoms with Crippen LogP contribution in [0.3, 0.4) is 0 Å². The average molecular weight is 340 g/mol. The molecule has 3 aromatic carbocycles. The van der Waals surface area contributed by atoms with E-state index >= 15 is 0 Å². The van der Waals surface area contributed by atoms with Gasteiger partial charge in [0.05, 0.1) is 0 Å². The van der Waals surface area contributed by atoms with Crippen LogP contribution in [0.2, 0.25) is 0 Å². The van der Waals surface area contributed by atoms with Crippen molar-refractivity contribution < 1.29 is 4.79 Å². The molecule has 0 atom stereocenters. The predicted octanol–water partition coefficient (Wildman–Crippen LogP) is 6.51. The number of ketones is 1. The van der Waals surface area contributed by atoms with E-state index in [0.29, 0.717) is 0 Å². The fraction of sp³-hybridized carbons (Fsp3) is 0. The summed E-state index contributed by atoms with van der Waals surface area (Å²) < 4.78 is 2.27. The molecule has 0 fully saturated rings. The van der Waals surface area contributed by atoms with Crippen LogP contribution in [0.1, 0.15) is 15.9 Å². The van der Waals surface area contributed by atoms with Crippen molar-refractivity contribution in [3.8, 4) is 0 Å². The van der Waals surface area contributed by atoms with Gasteiger partial charge in [0.25, 0.3) is 0 Å². The molecule has 0 saturated heterocycles. The number of hydrogen-bond acceptors (Lipinski definition) is 2. The Morgan fingerprint density at radius 3 is 2.40 bits per heavy atom. The first kappa shape index (κ1) is 15.6. The molecule has 0 radical (unpaired) electrons. The fourth-order valence-electron chi connectivity index (χ4n) is 2.90. The molecule has 0 aliphatic carbocycles. The number of benzene rings is 3. The first-order chi connectivity index (χ1) is 12.3. The number of allylic oxidation sites excluding steroid dienone is 3. The van der Waals surface area contributed by atoms with Crippen molar-refractivity contribution >= 4 is 43.4 Å². The molecule has 1 nitrogen and oxygen atoms in total. The van der Waals surface area contributed by atoms with Gasteiger partial charge >= 0.3 is 0 Å². The minimum atomic E-state index is 0.0369. The van der Waals surface area contributed by atoms with Crippen molar-refractivity contribution in [2.24, 2.45) is 0 Å². The summed E-state index contributed by atoms with van der Waals surface area (Å²) in [6.07, 6.45) is 7.34. The van der Waals surface area contributed by atoms with Gasteiger partial charge in [0.1, 0.15) is 0 Å². The summed E-state index contributed by atoms with van der Waals surface area (Å²) in [5.41, 5.74) is 1.88. The van der Waals surface area contributed by atoms with Crippen LogP contribution in [0.25, 0.3) is 26.2 Å². The lowest BCUT2D eigenvalue weighted by molar-refractivity contribution is 0.104. The highest BCUT2D eigenvalue weighted by atomic mass is 32.1. The third-order valence-corrected chi connectivity index (χ3v) is 5.34. The zero-order valence-corrected chi connectivity index (χ0v) is 14.4. The van der Waals surface area contributed by atoms with E-state index in [4.69, 9.17) is 0 Å². The van der Waals surface area contributed by atoms with Gasteiger partial charge in [-0.25, -0.2) is 0 Å². The van der Waals surface area contributed by atoms with Gasteiger partial charge in [0, 0.05) is 25.7 Å². The minimum absolute atomic E-state index is 0.0369. The number of carbonyl (C=O) groups is 1. The summed E-state index contributed by atoms with van der Waals surface area (Å²) in [6.45, 7) is 0. The summed E-state index contributed by atoms with van der Waals surface area (Å²) in [5, 5.41) is 2.37. The van der Waals surface area contributed by atoms with Crippen molar-refractivity contribution in [2.75, 3.05) is 0 Å². The van der Waals surface area contributed by atoms with E-state index in [1.54, 1.807) is 17.4 Å². The quantitative estimate of drug-likeness (QED) is 0.235. The van der Waals surface area contributed by atoms with Crippen LogP contribution < -0.4 is 0 Å². The van der Waals surface area contributed by atoms with Crippen molar-refractivity contribution in [1.29, 1.82) is 0 Å². The Bertz CT molecular complexity index is 1100. The van der Waals surface area contributed by atoms with E-state index < -0.39 is 0 Å². The molecular formula is C23H16OS. The number of rotatable bonds is 4. The largest absolute Gasteiger partial charge is 0.289 e. The monoisotopic (exact) mass is 340 g/mol. The minimum Gasteiger partial charge on any atom is -0.289 e. The molecular weight excluding hydrogens is 324 g/mol. The molecule has 0 aliphatic heterocycles. The lowest BCUT2D eigenvalue weighted by atomic mass is 10.1. The first-order valence-electron chi connectivity index (χ1n) is 8.17. The maximum Gasteiger partial charge on any atom is 0.187 e. The first-order valence-corrected chi connectivity index (χ1v) is 8.99. The molecule has 0 N–H and O–H groups in total. The van der Waals surface area contributed by atoms with E-state index in [2.05, 4.69) is 18.2 Å². The maximum atomic E-state index is 12.6. The van der Waals surface area contributed by atoms with Crippen molar-refractivity contribution in [3.05, 3.63) is 102 Å². The molecule has 0 spiro atoms. The zero-order chi connectivity index (χ0) is 17.1. The van der Waals surface area contributed by atoms with Gasteiger partial charge < -0.3 is 0 Å². The van der Waals surface area contributed by atoms with Gasteiger partial charge in [-0.05, 0) is 23.8 Å². The summed E-state index contributed by atoms with van der Waals surface area (Å²) in [5.74, 6) is 0.0369. The average Bonchev–Trinajstić information content (AvgIpc) is 3.04. The Morgan fingerprint density at radius 1 is 0.760 bits per heavy atom. The molecule has 1 aromatic heterocycles. The molecule has 4 aromatic rings. The topological polar surface area (TPSA) is 17.1 Å². The third-order valence-electron chi connectivity index (χ3n) is 4.12. The van der Waals surface area contributed by atoms with Gasteiger partial charge in [-0.3, -0.25) is 4.79 Å². The van der Waals surface area contributed by atoms with Gasteiger partial charge in [-0.2, -0.15) is 0 Å². The van der Waals surface area contributed by atoms with Crippen LogP contribution in [0.15, 0.2) is 91.0 Å².